The molecule has 0 aliphatic rings. The average molecular weight is 479 g/mol. The van der Waals surface area contributed by atoms with Gasteiger partial charge in [-0.05, 0) is 44.5 Å². The summed E-state index contributed by atoms with van der Waals surface area (Å²) < 4.78 is 1.72. The van der Waals surface area contributed by atoms with E-state index in [1.165, 1.54) is 6.08 Å². The van der Waals surface area contributed by atoms with Crippen molar-refractivity contribution in [2.75, 3.05) is 11.9 Å². The minimum absolute atomic E-state index is 0.0740. The SMILES string of the molecule is Cc1ccc(-n2nc(-c3ccccc3)cc2NC(=O)CN(C(=O)C=Cc2ccccc2)C(C)C)cc1. The number of nitrogens with zero attached hydrogens (tertiary/aromatic N) is 3. The van der Waals surface area contributed by atoms with E-state index < -0.39 is 0 Å². The molecule has 4 aromatic rings. The number of carbonyl (C=O) groups excluding carboxylic acids is 2. The fourth-order valence-corrected chi connectivity index (χ4v) is 3.78. The number of carbonyl (C=O) groups is 2. The smallest absolute Gasteiger partial charge is 0.247 e. The summed E-state index contributed by atoms with van der Waals surface area (Å²) in [6.45, 7) is 5.74. The zero-order valence-corrected chi connectivity index (χ0v) is 20.8. The van der Waals surface area contributed by atoms with Crippen LogP contribution in [0.2, 0.25) is 0 Å². The minimum Gasteiger partial charge on any atom is -0.327 e. The van der Waals surface area contributed by atoms with Crippen LogP contribution >= 0.6 is 0 Å². The summed E-state index contributed by atoms with van der Waals surface area (Å²) in [4.78, 5) is 27.6. The van der Waals surface area contributed by atoms with Gasteiger partial charge in [-0.15, -0.1) is 0 Å². The van der Waals surface area contributed by atoms with E-state index in [0.717, 1.165) is 28.1 Å². The van der Waals surface area contributed by atoms with Gasteiger partial charge in [0.15, 0.2) is 0 Å². The number of aryl methyl sites for hydroxylation is 1. The number of aromatic nitrogens is 2. The fourth-order valence-electron chi connectivity index (χ4n) is 3.78. The Hall–Kier alpha value is -4.45. The number of hydrogen-bond donors (Lipinski definition) is 1. The molecular formula is C30H30N4O2. The predicted octanol–water partition coefficient (Wildman–Crippen LogP) is 5.74. The molecule has 0 atom stereocenters. The van der Waals surface area contributed by atoms with Crippen molar-refractivity contribution in [1.29, 1.82) is 0 Å². The van der Waals surface area contributed by atoms with Crippen molar-refractivity contribution in [1.82, 2.24) is 14.7 Å². The van der Waals surface area contributed by atoms with Gasteiger partial charge in [-0.3, -0.25) is 9.59 Å². The van der Waals surface area contributed by atoms with Crippen LogP contribution in [-0.2, 0) is 9.59 Å². The first-order valence-corrected chi connectivity index (χ1v) is 12.0. The molecule has 6 nitrogen and oxygen atoms in total. The van der Waals surface area contributed by atoms with E-state index in [1.807, 2.05) is 112 Å². The minimum atomic E-state index is -0.293. The molecule has 1 aromatic heterocycles. The van der Waals surface area contributed by atoms with Crippen molar-refractivity contribution in [2.45, 2.75) is 26.8 Å². The van der Waals surface area contributed by atoms with Gasteiger partial charge in [0.25, 0.3) is 0 Å². The fraction of sp³-hybridized carbons (Fsp3) is 0.167. The molecule has 0 aliphatic carbocycles. The monoisotopic (exact) mass is 478 g/mol. The van der Waals surface area contributed by atoms with Gasteiger partial charge in [0, 0.05) is 23.7 Å². The highest BCUT2D eigenvalue weighted by Gasteiger charge is 2.20. The topological polar surface area (TPSA) is 67.2 Å². The van der Waals surface area contributed by atoms with Gasteiger partial charge in [-0.25, -0.2) is 4.68 Å². The lowest BCUT2D eigenvalue weighted by Gasteiger charge is -2.25. The Morgan fingerprint density at radius 3 is 2.22 bits per heavy atom. The standard InChI is InChI=1S/C30H30N4O2/c1-22(2)33(30(36)19-16-24-10-6-4-7-11-24)21-29(35)31-28-20-27(25-12-8-5-9-13-25)32-34(28)26-17-14-23(3)15-18-26/h4-20,22H,21H2,1-3H3,(H,31,35). The van der Waals surface area contributed by atoms with Gasteiger partial charge in [-0.2, -0.15) is 5.10 Å². The summed E-state index contributed by atoms with van der Waals surface area (Å²) in [5.41, 5.74) is 4.59. The molecule has 0 radical (unpaired) electrons. The van der Waals surface area contributed by atoms with Gasteiger partial charge in [0.2, 0.25) is 11.8 Å². The second-order valence-electron chi connectivity index (χ2n) is 8.88. The molecule has 4 rings (SSSR count). The summed E-state index contributed by atoms with van der Waals surface area (Å²) in [6.07, 6.45) is 3.26. The molecule has 1 N–H and O–H groups in total. The maximum Gasteiger partial charge on any atom is 0.247 e. The third-order valence-electron chi connectivity index (χ3n) is 5.76. The third-order valence-corrected chi connectivity index (χ3v) is 5.76. The molecule has 0 saturated heterocycles. The highest BCUT2D eigenvalue weighted by molar-refractivity contribution is 5.98. The molecule has 0 spiro atoms. The highest BCUT2D eigenvalue weighted by atomic mass is 16.2. The van der Waals surface area contributed by atoms with Crippen molar-refractivity contribution < 1.29 is 9.59 Å². The van der Waals surface area contributed by atoms with Crippen LogP contribution in [0.5, 0.6) is 0 Å². The molecule has 6 heteroatoms. The Morgan fingerprint density at radius 2 is 1.58 bits per heavy atom. The molecule has 1 heterocycles. The second-order valence-corrected chi connectivity index (χ2v) is 8.88. The van der Waals surface area contributed by atoms with Crippen molar-refractivity contribution >= 4 is 23.7 Å². The van der Waals surface area contributed by atoms with Crippen LogP contribution in [0.4, 0.5) is 5.82 Å². The molecule has 0 aliphatic heterocycles. The van der Waals surface area contributed by atoms with E-state index in [0.29, 0.717) is 5.82 Å². The van der Waals surface area contributed by atoms with Gasteiger partial charge < -0.3 is 10.2 Å². The molecule has 0 saturated carbocycles. The molecule has 36 heavy (non-hydrogen) atoms. The lowest BCUT2D eigenvalue weighted by molar-refractivity contribution is -0.132. The number of nitrogens with one attached hydrogen (secondary N) is 1. The van der Waals surface area contributed by atoms with Gasteiger partial charge >= 0.3 is 0 Å². The van der Waals surface area contributed by atoms with Crippen LogP contribution in [0.25, 0.3) is 23.0 Å². The predicted molar refractivity (Wildman–Crippen MR) is 145 cm³/mol. The molecule has 2 amide bonds. The largest absolute Gasteiger partial charge is 0.327 e. The van der Waals surface area contributed by atoms with E-state index in [-0.39, 0.29) is 24.4 Å². The molecule has 0 unspecified atom stereocenters. The van der Waals surface area contributed by atoms with E-state index in [4.69, 9.17) is 5.10 Å². The van der Waals surface area contributed by atoms with Gasteiger partial charge in [0.05, 0.1) is 11.4 Å². The van der Waals surface area contributed by atoms with E-state index in [9.17, 15) is 9.59 Å². The van der Waals surface area contributed by atoms with Crippen LogP contribution in [0.3, 0.4) is 0 Å². The van der Waals surface area contributed by atoms with Crippen molar-refractivity contribution in [3.8, 4) is 16.9 Å². The lowest BCUT2D eigenvalue weighted by Crippen LogP contribution is -2.41. The van der Waals surface area contributed by atoms with Crippen molar-refractivity contribution in [3.05, 3.63) is 108 Å². The Kier molecular flexibility index (Phi) is 7.75. The van der Waals surface area contributed by atoms with Crippen LogP contribution in [0.1, 0.15) is 25.0 Å². The van der Waals surface area contributed by atoms with Gasteiger partial charge in [0.1, 0.15) is 12.4 Å². The van der Waals surface area contributed by atoms with Crippen molar-refractivity contribution in [2.24, 2.45) is 0 Å². The summed E-state index contributed by atoms with van der Waals surface area (Å²) in [6, 6.07) is 29.0. The average Bonchev–Trinajstić information content (AvgIpc) is 3.31. The van der Waals surface area contributed by atoms with Gasteiger partial charge in [-0.1, -0.05) is 78.4 Å². The Morgan fingerprint density at radius 1 is 0.944 bits per heavy atom. The molecule has 0 bridgehead atoms. The first-order valence-electron chi connectivity index (χ1n) is 12.0. The maximum absolute atomic E-state index is 13.1. The number of rotatable bonds is 8. The first-order chi connectivity index (χ1) is 17.4. The van der Waals surface area contributed by atoms with E-state index >= 15 is 0 Å². The zero-order chi connectivity index (χ0) is 25.5. The second kappa shape index (κ2) is 11.3. The molecule has 3 aromatic carbocycles. The van der Waals surface area contributed by atoms with E-state index in [2.05, 4.69) is 5.32 Å². The van der Waals surface area contributed by atoms with Crippen LogP contribution in [-0.4, -0.2) is 39.1 Å². The normalized spacial score (nSPS) is 11.1. The first kappa shape index (κ1) is 24.7. The summed E-state index contributed by atoms with van der Waals surface area (Å²) >= 11 is 0. The lowest BCUT2D eigenvalue weighted by atomic mass is 10.1. The number of anilines is 1. The Balaban J connectivity index is 1.56. The quantitative estimate of drug-likeness (QED) is 0.329. The zero-order valence-electron chi connectivity index (χ0n) is 20.8. The van der Waals surface area contributed by atoms with Crippen molar-refractivity contribution in [3.63, 3.8) is 0 Å². The third kappa shape index (κ3) is 6.16. The Labute approximate surface area is 211 Å². The molecule has 0 fully saturated rings. The highest BCUT2D eigenvalue weighted by Crippen LogP contribution is 2.25. The molecular weight excluding hydrogens is 448 g/mol. The molecule has 182 valence electrons. The summed E-state index contributed by atoms with van der Waals surface area (Å²) in [5.74, 6) is 0.0257. The number of amides is 2. The van der Waals surface area contributed by atoms with Crippen LogP contribution < -0.4 is 5.32 Å². The van der Waals surface area contributed by atoms with Crippen LogP contribution in [0.15, 0.2) is 97.1 Å². The summed E-state index contributed by atoms with van der Waals surface area (Å²) in [7, 11) is 0. The van der Waals surface area contributed by atoms with E-state index in [1.54, 1.807) is 15.7 Å². The maximum atomic E-state index is 13.1. The Bertz CT molecular complexity index is 1340. The van der Waals surface area contributed by atoms with Crippen LogP contribution in [0, 0.1) is 6.92 Å². The summed E-state index contributed by atoms with van der Waals surface area (Å²) in [5, 5.41) is 7.73. The number of hydrogen-bond acceptors (Lipinski definition) is 3. The number of benzene rings is 3.